The summed E-state index contributed by atoms with van der Waals surface area (Å²) < 4.78 is 7.01. The molecule has 1 fully saturated rings. The number of rotatable bonds is 4. The number of fused-ring (bicyclic) bond motifs is 1. The normalized spacial score (nSPS) is 20.0. The van der Waals surface area contributed by atoms with Gasteiger partial charge in [-0.3, -0.25) is 14.5 Å². The number of amides is 2. The molecular formula is C22H19N5O4. The molecule has 0 saturated carbocycles. The van der Waals surface area contributed by atoms with Crippen LogP contribution < -0.4 is 5.32 Å². The highest BCUT2D eigenvalue weighted by Gasteiger charge is 2.46. The number of carbonyl (C=O) groups excluding carboxylic acids is 3. The number of nitrogens with zero attached hydrogens (tertiary/aromatic N) is 4. The molecule has 31 heavy (non-hydrogen) atoms. The fourth-order valence-electron chi connectivity index (χ4n) is 4.04. The zero-order valence-electron chi connectivity index (χ0n) is 16.7. The molecule has 2 atom stereocenters. The van der Waals surface area contributed by atoms with Gasteiger partial charge in [-0.2, -0.15) is 9.78 Å². The van der Waals surface area contributed by atoms with Gasteiger partial charge in [0.1, 0.15) is 11.9 Å². The van der Waals surface area contributed by atoms with Gasteiger partial charge in [-0.05, 0) is 31.5 Å². The van der Waals surface area contributed by atoms with E-state index in [9.17, 15) is 14.4 Å². The number of carbonyl (C=O) groups is 3. The second-order valence-electron chi connectivity index (χ2n) is 7.46. The number of nitrogens with one attached hydrogen (secondary N) is 1. The fourth-order valence-corrected chi connectivity index (χ4v) is 4.04. The predicted octanol–water partition coefficient (Wildman–Crippen LogP) is 2.37. The van der Waals surface area contributed by atoms with Crippen molar-refractivity contribution in [3.63, 3.8) is 0 Å². The van der Waals surface area contributed by atoms with Gasteiger partial charge in [0.2, 0.25) is 18.0 Å². The molecule has 2 aliphatic rings. The molecule has 0 aliphatic carbocycles. The van der Waals surface area contributed by atoms with Crippen LogP contribution in [-0.2, 0) is 14.3 Å². The molecular weight excluding hydrogens is 398 g/mol. The Bertz CT molecular complexity index is 1190. The zero-order valence-corrected chi connectivity index (χ0v) is 16.7. The van der Waals surface area contributed by atoms with E-state index in [2.05, 4.69) is 15.4 Å². The summed E-state index contributed by atoms with van der Waals surface area (Å²) >= 11 is 0. The first-order valence-electron chi connectivity index (χ1n) is 9.93. The lowest BCUT2D eigenvalue weighted by molar-refractivity contribution is -0.144. The van der Waals surface area contributed by atoms with Gasteiger partial charge < -0.3 is 10.1 Å². The second-order valence-corrected chi connectivity index (χ2v) is 7.46. The molecule has 9 heteroatoms. The van der Waals surface area contributed by atoms with E-state index in [1.807, 2.05) is 13.0 Å². The van der Waals surface area contributed by atoms with Crippen molar-refractivity contribution in [1.82, 2.24) is 19.7 Å². The van der Waals surface area contributed by atoms with Crippen molar-refractivity contribution in [3.05, 3.63) is 71.5 Å². The third-order valence-electron chi connectivity index (χ3n) is 5.43. The lowest BCUT2D eigenvalue weighted by atomic mass is 10.1. The quantitative estimate of drug-likeness (QED) is 0.654. The zero-order chi connectivity index (χ0) is 21.5. The van der Waals surface area contributed by atoms with E-state index in [1.165, 1.54) is 4.90 Å². The summed E-state index contributed by atoms with van der Waals surface area (Å²) in [6.45, 7) is 1.81. The van der Waals surface area contributed by atoms with Crippen LogP contribution in [0.2, 0.25) is 0 Å². The topological polar surface area (TPSA) is 106 Å². The number of cyclic esters (lactones) is 1. The third kappa shape index (κ3) is 3.24. The van der Waals surface area contributed by atoms with Crippen LogP contribution in [0, 0.1) is 6.92 Å². The number of pyridine rings is 1. The average molecular weight is 417 g/mol. The van der Waals surface area contributed by atoms with Crippen molar-refractivity contribution in [1.29, 1.82) is 0 Å². The van der Waals surface area contributed by atoms with Crippen LogP contribution in [0.5, 0.6) is 0 Å². The summed E-state index contributed by atoms with van der Waals surface area (Å²) in [5.74, 6) is -0.0936. The molecule has 5 rings (SSSR count). The summed E-state index contributed by atoms with van der Waals surface area (Å²) in [6.07, 6.45) is 1.27. The maximum absolute atomic E-state index is 13.2. The molecule has 4 heterocycles. The second kappa shape index (κ2) is 7.35. The number of hydrogen-bond donors (Lipinski definition) is 1. The molecule has 9 nitrogen and oxygen atoms in total. The fraction of sp³-hybridized carbons (Fsp3) is 0.227. The van der Waals surface area contributed by atoms with E-state index in [4.69, 9.17) is 4.74 Å². The maximum atomic E-state index is 13.2. The Kier molecular flexibility index (Phi) is 4.50. The molecule has 1 N–H and O–H groups in total. The van der Waals surface area contributed by atoms with Crippen LogP contribution in [-0.4, -0.2) is 43.5 Å². The summed E-state index contributed by atoms with van der Waals surface area (Å²) in [4.78, 5) is 43.8. The van der Waals surface area contributed by atoms with Gasteiger partial charge in [-0.15, -0.1) is 0 Å². The molecule has 1 aromatic carbocycles. The molecule has 156 valence electrons. The number of ether oxygens (including phenoxy) is 1. The smallest absolute Gasteiger partial charge is 0.340 e. The largest absolute Gasteiger partial charge is 0.433 e. The average Bonchev–Trinajstić information content (AvgIpc) is 3.44. The van der Waals surface area contributed by atoms with Gasteiger partial charge in [0.15, 0.2) is 5.82 Å². The molecule has 2 aliphatic heterocycles. The summed E-state index contributed by atoms with van der Waals surface area (Å²) in [7, 11) is 0. The van der Waals surface area contributed by atoms with Gasteiger partial charge in [-0.1, -0.05) is 24.3 Å². The van der Waals surface area contributed by atoms with Crippen molar-refractivity contribution < 1.29 is 19.1 Å². The van der Waals surface area contributed by atoms with Crippen molar-refractivity contribution in [3.8, 4) is 5.82 Å². The Morgan fingerprint density at radius 3 is 2.77 bits per heavy atom. The Balaban J connectivity index is 1.43. The van der Waals surface area contributed by atoms with Crippen molar-refractivity contribution in [2.75, 3.05) is 5.32 Å². The molecule has 0 bridgehead atoms. The summed E-state index contributed by atoms with van der Waals surface area (Å²) in [5.41, 5.74) is 1.71. The maximum Gasteiger partial charge on any atom is 0.340 e. The molecule has 0 radical (unpaired) electrons. The third-order valence-corrected chi connectivity index (χ3v) is 5.43. The Labute approximate surface area is 177 Å². The number of likely N-dealkylation sites (tertiary alicyclic amines) is 1. The molecule has 3 aromatic rings. The minimum atomic E-state index is -0.906. The number of benzene rings is 1. The first-order valence-corrected chi connectivity index (χ1v) is 9.93. The molecule has 0 unspecified atom stereocenters. The van der Waals surface area contributed by atoms with Crippen LogP contribution >= 0.6 is 0 Å². The van der Waals surface area contributed by atoms with E-state index >= 15 is 0 Å². The predicted molar refractivity (Wildman–Crippen MR) is 109 cm³/mol. The Morgan fingerprint density at radius 2 is 1.97 bits per heavy atom. The van der Waals surface area contributed by atoms with Crippen molar-refractivity contribution in [2.24, 2.45) is 0 Å². The van der Waals surface area contributed by atoms with Crippen LogP contribution in [0.25, 0.3) is 5.82 Å². The van der Waals surface area contributed by atoms with E-state index in [1.54, 1.807) is 53.3 Å². The Morgan fingerprint density at radius 1 is 1.16 bits per heavy atom. The number of aromatic nitrogens is 3. The van der Waals surface area contributed by atoms with E-state index < -0.39 is 18.2 Å². The first-order chi connectivity index (χ1) is 15.0. The van der Waals surface area contributed by atoms with Crippen LogP contribution in [0.15, 0.2) is 54.7 Å². The highest BCUT2D eigenvalue weighted by Crippen LogP contribution is 2.38. The summed E-state index contributed by atoms with van der Waals surface area (Å²) in [6, 6.07) is 13.3. The Hall–Kier alpha value is -4.01. The lowest BCUT2D eigenvalue weighted by Gasteiger charge is -2.29. The van der Waals surface area contributed by atoms with Gasteiger partial charge in [0.25, 0.3) is 0 Å². The number of anilines is 1. The minimum Gasteiger partial charge on any atom is -0.433 e. The molecule has 2 amide bonds. The molecule has 0 spiro atoms. The van der Waals surface area contributed by atoms with Crippen LogP contribution in [0.3, 0.4) is 0 Å². The van der Waals surface area contributed by atoms with Crippen molar-refractivity contribution in [2.45, 2.75) is 32.0 Å². The minimum absolute atomic E-state index is 0.201. The van der Waals surface area contributed by atoms with Crippen LogP contribution in [0.1, 0.15) is 40.7 Å². The standard InChI is InChI=1S/C22H19N5O4/c1-13-12-18(27(25-13)17-8-4-5-11-23-17)24-20(29)16-9-10-19(28)26(16)21-14-6-2-3-7-15(14)22(30)31-21/h2-8,11-12,16,21H,9-10H2,1H3,(H,24,29)/t16-,21-/m0/s1. The lowest BCUT2D eigenvalue weighted by Crippen LogP contribution is -2.44. The van der Waals surface area contributed by atoms with E-state index in [0.29, 0.717) is 34.9 Å². The highest BCUT2D eigenvalue weighted by molar-refractivity contribution is 6.00. The monoisotopic (exact) mass is 417 g/mol. The molecule has 1 saturated heterocycles. The van der Waals surface area contributed by atoms with Crippen molar-refractivity contribution >= 4 is 23.6 Å². The number of esters is 1. The number of aryl methyl sites for hydroxylation is 1. The highest BCUT2D eigenvalue weighted by atomic mass is 16.6. The van der Waals surface area contributed by atoms with Crippen LogP contribution in [0.4, 0.5) is 5.82 Å². The van der Waals surface area contributed by atoms with E-state index in [0.717, 1.165) is 0 Å². The van der Waals surface area contributed by atoms with Gasteiger partial charge >= 0.3 is 5.97 Å². The van der Waals surface area contributed by atoms with Gasteiger partial charge in [0.05, 0.1) is 11.3 Å². The van der Waals surface area contributed by atoms with E-state index in [-0.39, 0.29) is 18.2 Å². The van der Waals surface area contributed by atoms with Gasteiger partial charge in [-0.25, -0.2) is 9.78 Å². The first kappa shape index (κ1) is 19.0. The summed E-state index contributed by atoms with van der Waals surface area (Å²) in [5, 5.41) is 7.27. The molecule has 2 aromatic heterocycles. The SMILES string of the molecule is Cc1cc(NC(=O)[C@@H]2CCC(=O)N2[C@H]2OC(=O)c3ccccc32)n(-c2ccccn2)n1. The number of hydrogen-bond acceptors (Lipinski definition) is 6. The van der Waals surface area contributed by atoms with Gasteiger partial charge in [0, 0.05) is 24.2 Å².